The Balaban J connectivity index is 1.83. The Kier molecular flexibility index (Phi) is 4.75. The molecule has 0 spiro atoms. The fourth-order valence-electron chi connectivity index (χ4n) is 4.15. The summed E-state index contributed by atoms with van der Waals surface area (Å²) < 4.78 is 5.79. The quantitative estimate of drug-likeness (QED) is 0.353. The molecule has 3 aliphatic rings. The fraction of sp³-hybridized carbons (Fsp3) is 0.0800. The fourth-order valence-corrected chi connectivity index (χ4v) is 4.15. The van der Waals surface area contributed by atoms with E-state index in [1.807, 2.05) is 0 Å². The number of likely N-dealkylation sites (tertiary alicyclic amines) is 1. The number of amides is 3. The molecule has 9 heteroatoms. The average molecular weight is 457 g/mol. The maximum absolute atomic E-state index is 13.0. The number of carboxylic acids is 1. The normalized spacial score (nSPS) is 13.7. The van der Waals surface area contributed by atoms with Gasteiger partial charge in [-0.25, -0.2) is 9.69 Å². The van der Waals surface area contributed by atoms with Crippen LogP contribution in [0.3, 0.4) is 0 Å². The van der Waals surface area contributed by atoms with E-state index in [0.29, 0.717) is 21.4 Å². The van der Waals surface area contributed by atoms with Crippen molar-refractivity contribution in [2.45, 2.75) is 12.8 Å². The van der Waals surface area contributed by atoms with Crippen LogP contribution in [0.15, 0.2) is 63.8 Å². The number of fused-ring (bicyclic) bond motifs is 2. The van der Waals surface area contributed by atoms with Gasteiger partial charge >= 0.3 is 5.97 Å². The number of phenolic OH excluding ortho intramolecular Hbond substituents is 1. The van der Waals surface area contributed by atoms with Gasteiger partial charge in [0, 0.05) is 47.1 Å². The lowest BCUT2D eigenvalue weighted by atomic mass is 9.89. The summed E-state index contributed by atoms with van der Waals surface area (Å²) in [6.07, 6.45) is -0.137. The molecule has 0 atom stereocenters. The van der Waals surface area contributed by atoms with Gasteiger partial charge < -0.3 is 14.6 Å². The molecule has 1 saturated heterocycles. The zero-order valence-electron chi connectivity index (χ0n) is 17.4. The summed E-state index contributed by atoms with van der Waals surface area (Å²) in [5.41, 5.74) is 0.517. The first-order valence-electron chi connectivity index (χ1n) is 10.2. The van der Waals surface area contributed by atoms with Crippen LogP contribution in [0.4, 0.5) is 0 Å². The molecule has 2 aromatic carbocycles. The lowest BCUT2D eigenvalue weighted by molar-refractivity contribution is -0.135. The lowest BCUT2D eigenvalue weighted by Gasteiger charge is -2.18. The largest absolute Gasteiger partial charge is 0.508 e. The van der Waals surface area contributed by atoms with Crippen LogP contribution in [0.2, 0.25) is 0 Å². The van der Waals surface area contributed by atoms with Gasteiger partial charge in [-0.15, -0.1) is 0 Å². The molecule has 2 N–H and O–H groups in total. The van der Waals surface area contributed by atoms with E-state index in [9.17, 15) is 34.2 Å². The molecule has 9 nitrogen and oxygen atoms in total. The first-order valence-corrected chi connectivity index (χ1v) is 10.2. The van der Waals surface area contributed by atoms with Crippen LogP contribution in [0, 0.1) is 0 Å². The summed E-state index contributed by atoms with van der Waals surface area (Å²) >= 11 is 0. The van der Waals surface area contributed by atoms with Gasteiger partial charge in [0.15, 0.2) is 5.43 Å². The van der Waals surface area contributed by atoms with Crippen molar-refractivity contribution >= 4 is 34.7 Å². The van der Waals surface area contributed by atoms with Gasteiger partial charge in [-0.1, -0.05) is 0 Å². The first-order chi connectivity index (χ1) is 16.2. The van der Waals surface area contributed by atoms with Crippen molar-refractivity contribution in [3.05, 3.63) is 75.9 Å². The summed E-state index contributed by atoms with van der Waals surface area (Å²) in [7, 11) is 0. The highest BCUT2D eigenvalue weighted by Gasteiger charge is 2.35. The minimum absolute atomic E-state index is 0.0510. The monoisotopic (exact) mass is 457 g/mol. The van der Waals surface area contributed by atoms with E-state index in [0.717, 1.165) is 0 Å². The number of carbonyl (C=O) groups is 4. The number of rotatable bonds is 3. The highest BCUT2D eigenvalue weighted by atomic mass is 16.4. The van der Waals surface area contributed by atoms with Crippen molar-refractivity contribution in [1.82, 2.24) is 4.90 Å². The Morgan fingerprint density at radius 1 is 0.853 bits per heavy atom. The smallest absolute Gasteiger partial charge is 0.336 e. The number of aromatic carboxylic acids is 1. The number of nitrogens with zero attached hydrogens (tertiary/aromatic N) is 1. The number of phenols is 1. The van der Waals surface area contributed by atoms with Crippen LogP contribution < -0.4 is 5.43 Å². The Hall–Kier alpha value is -4.79. The van der Waals surface area contributed by atoms with E-state index in [1.54, 1.807) is 0 Å². The zero-order chi connectivity index (χ0) is 24.1. The van der Waals surface area contributed by atoms with E-state index >= 15 is 0 Å². The third kappa shape index (κ3) is 3.30. The number of benzene rings is 3. The minimum atomic E-state index is -1.27. The van der Waals surface area contributed by atoms with Crippen molar-refractivity contribution in [3.8, 4) is 28.2 Å². The van der Waals surface area contributed by atoms with Crippen LogP contribution in [0.1, 0.15) is 33.6 Å². The average Bonchev–Trinajstić information content (AvgIpc) is 3.14. The molecule has 34 heavy (non-hydrogen) atoms. The standard InChI is InChI=1S/C25H15NO8/c27-13-2-5-16-19(10-13)34-20-11-14(28)3-6-17(20)23(16)18-9-12(1-4-15(18)25(32)33)24(31)26-21(29)7-8-22(26)30/h1-6,9-11,27H,7-8H2,(H,32,33). The lowest BCUT2D eigenvalue weighted by Crippen LogP contribution is -2.35. The third-order valence-electron chi connectivity index (χ3n) is 5.70. The number of hydrogen-bond acceptors (Lipinski definition) is 7. The van der Waals surface area contributed by atoms with E-state index in [1.165, 1.54) is 54.6 Å². The molecule has 0 unspecified atom stereocenters. The second kappa shape index (κ2) is 7.66. The Morgan fingerprint density at radius 2 is 1.59 bits per heavy atom. The van der Waals surface area contributed by atoms with Gasteiger partial charge in [-0.2, -0.15) is 0 Å². The predicted molar refractivity (Wildman–Crippen MR) is 119 cm³/mol. The topological polar surface area (TPSA) is 142 Å². The molecule has 1 aliphatic carbocycles. The van der Waals surface area contributed by atoms with Gasteiger partial charge in [0.25, 0.3) is 5.91 Å². The van der Waals surface area contributed by atoms with Crippen LogP contribution in [0.25, 0.3) is 33.4 Å². The highest BCUT2D eigenvalue weighted by Crippen LogP contribution is 2.42. The maximum Gasteiger partial charge on any atom is 0.336 e. The van der Waals surface area contributed by atoms with Gasteiger partial charge in [0.1, 0.15) is 17.1 Å². The minimum Gasteiger partial charge on any atom is -0.508 e. The predicted octanol–water partition coefficient (Wildman–Crippen LogP) is 3.26. The van der Waals surface area contributed by atoms with E-state index in [2.05, 4.69) is 0 Å². The van der Waals surface area contributed by atoms with Crippen molar-refractivity contribution in [2.75, 3.05) is 0 Å². The third-order valence-corrected chi connectivity index (χ3v) is 5.70. The summed E-state index contributed by atoms with van der Waals surface area (Å²) in [5.74, 6) is -3.31. The molecular weight excluding hydrogens is 442 g/mol. The second-order valence-corrected chi connectivity index (χ2v) is 7.81. The summed E-state index contributed by atoms with van der Waals surface area (Å²) in [6.45, 7) is 0. The molecule has 2 aromatic rings. The van der Waals surface area contributed by atoms with Gasteiger partial charge in [-0.3, -0.25) is 19.2 Å². The van der Waals surface area contributed by atoms with Crippen molar-refractivity contribution in [2.24, 2.45) is 0 Å². The molecule has 0 saturated carbocycles. The summed E-state index contributed by atoms with van der Waals surface area (Å²) in [5, 5.41) is 20.2. The highest BCUT2D eigenvalue weighted by molar-refractivity contribution is 6.20. The second-order valence-electron chi connectivity index (χ2n) is 7.81. The van der Waals surface area contributed by atoms with Crippen molar-refractivity contribution < 1.29 is 33.8 Å². The van der Waals surface area contributed by atoms with E-state index < -0.39 is 23.7 Å². The number of carbonyl (C=O) groups excluding carboxylic acids is 3. The van der Waals surface area contributed by atoms with E-state index in [4.69, 9.17) is 4.42 Å². The number of hydrogen-bond donors (Lipinski definition) is 2. The number of imide groups is 3. The molecule has 1 fully saturated rings. The Morgan fingerprint density at radius 3 is 2.29 bits per heavy atom. The molecule has 0 aromatic heterocycles. The van der Waals surface area contributed by atoms with Gasteiger partial charge in [0.05, 0.1) is 5.56 Å². The summed E-state index contributed by atoms with van der Waals surface area (Å²) in [4.78, 5) is 61.7. The molecule has 0 bridgehead atoms. The van der Waals surface area contributed by atoms with Gasteiger partial charge in [0.2, 0.25) is 11.8 Å². The Labute approximate surface area is 190 Å². The zero-order valence-corrected chi connectivity index (χ0v) is 17.4. The van der Waals surface area contributed by atoms with E-state index in [-0.39, 0.29) is 52.1 Å². The molecular formula is C25H15NO8. The van der Waals surface area contributed by atoms with Crippen LogP contribution in [-0.4, -0.2) is 38.8 Å². The first kappa shape index (κ1) is 21.1. The molecule has 0 radical (unpaired) electrons. The molecule has 2 aliphatic heterocycles. The maximum atomic E-state index is 13.0. The van der Waals surface area contributed by atoms with Crippen molar-refractivity contribution in [3.63, 3.8) is 0 Å². The number of aromatic hydroxyl groups is 1. The van der Waals surface area contributed by atoms with Crippen molar-refractivity contribution in [1.29, 1.82) is 0 Å². The summed E-state index contributed by atoms with van der Waals surface area (Å²) in [6, 6.07) is 12.0. The van der Waals surface area contributed by atoms with Crippen LogP contribution in [0.5, 0.6) is 5.75 Å². The molecule has 5 rings (SSSR count). The Bertz CT molecular complexity index is 1570. The van der Waals surface area contributed by atoms with Crippen LogP contribution in [-0.2, 0) is 9.59 Å². The molecule has 3 amide bonds. The number of carboxylic acid groups (broad SMARTS) is 1. The SMILES string of the molecule is O=C(O)c1ccc(C(=O)N2C(=O)CCC2=O)cc1-c1c2ccc(=O)cc-2oc2cc(O)ccc12. The van der Waals surface area contributed by atoms with Gasteiger partial charge in [-0.05, 0) is 48.0 Å². The molecule has 2 heterocycles. The van der Waals surface area contributed by atoms with Crippen LogP contribution >= 0.6 is 0 Å². The molecule has 168 valence electrons.